The molecule has 104 valence electrons. The maximum Gasteiger partial charge on any atom is 0.333 e. The number of hydrogen-bond donors (Lipinski definition) is 1. The molecule has 0 bridgehead atoms. The maximum atomic E-state index is 11.2. The predicted octanol–water partition coefficient (Wildman–Crippen LogP) is 3.17. The molecule has 0 fully saturated rings. The lowest BCUT2D eigenvalue weighted by molar-refractivity contribution is -0.384. The number of para-hydroxylation sites is 1. The second kappa shape index (κ2) is 6.01. The summed E-state index contributed by atoms with van der Waals surface area (Å²) in [5, 5.41) is 14.3. The Hall–Kier alpha value is -2.63. The number of nitro groups is 1. The van der Waals surface area contributed by atoms with Gasteiger partial charge in [0, 0.05) is 12.4 Å². The van der Waals surface area contributed by atoms with E-state index in [1.165, 1.54) is 7.11 Å². The third-order valence-electron chi connectivity index (χ3n) is 2.96. The van der Waals surface area contributed by atoms with Crippen LogP contribution < -0.4 is 10.1 Å². The van der Waals surface area contributed by atoms with Crippen LogP contribution in [0.4, 0.5) is 11.4 Å². The molecule has 1 heterocycles. The number of benzene rings is 1. The summed E-state index contributed by atoms with van der Waals surface area (Å²) in [6.07, 6.45) is 3.41. The van der Waals surface area contributed by atoms with Gasteiger partial charge in [0.1, 0.15) is 5.69 Å². The van der Waals surface area contributed by atoms with Gasteiger partial charge in [0.15, 0.2) is 5.75 Å². The Morgan fingerprint density at radius 1 is 1.35 bits per heavy atom. The first-order valence-corrected chi connectivity index (χ1v) is 6.11. The average Bonchev–Trinajstić information content (AvgIpc) is 2.47. The molecule has 2 aromatic rings. The fourth-order valence-corrected chi connectivity index (χ4v) is 1.94. The fourth-order valence-electron chi connectivity index (χ4n) is 1.94. The van der Waals surface area contributed by atoms with Crippen LogP contribution in [-0.2, 0) is 0 Å². The number of hydrogen-bond acceptors (Lipinski definition) is 5. The number of anilines is 1. The molecule has 0 saturated carbocycles. The Morgan fingerprint density at radius 2 is 2.15 bits per heavy atom. The number of nitrogens with zero attached hydrogens (tertiary/aromatic N) is 2. The van der Waals surface area contributed by atoms with Crippen molar-refractivity contribution in [2.75, 3.05) is 12.4 Å². The lowest BCUT2D eigenvalue weighted by Gasteiger charge is -2.16. The maximum absolute atomic E-state index is 11.2. The highest BCUT2D eigenvalue weighted by Crippen LogP contribution is 2.36. The van der Waals surface area contributed by atoms with Gasteiger partial charge in [-0.1, -0.05) is 12.1 Å². The Bertz CT molecular complexity index is 602. The molecule has 1 atom stereocenters. The second-order valence-electron chi connectivity index (χ2n) is 4.27. The quantitative estimate of drug-likeness (QED) is 0.668. The van der Waals surface area contributed by atoms with Gasteiger partial charge in [-0.05, 0) is 30.7 Å². The van der Waals surface area contributed by atoms with E-state index in [1.54, 1.807) is 30.6 Å². The van der Waals surface area contributed by atoms with Gasteiger partial charge in [-0.3, -0.25) is 15.1 Å². The van der Waals surface area contributed by atoms with Crippen molar-refractivity contribution in [2.24, 2.45) is 0 Å². The van der Waals surface area contributed by atoms with Crippen LogP contribution in [-0.4, -0.2) is 17.0 Å². The minimum Gasteiger partial charge on any atom is -0.490 e. The van der Waals surface area contributed by atoms with Gasteiger partial charge >= 0.3 is 5.69 Å². The Balaban J connectivity index is 2.32. The molecule has 6 nitrogen and oxygen atoms in total. The molecule has 1 aromatic carbocycles. The SMILES string of the molecule is COc1cccc(NC(C)c2cccnc2)c1[N+](=O)[O-]. The normalized spacial score (nSPS) is 11.7. The zero-order valence-electron chi connectivity index (χ0n) is 11.2. The summed E-state index contributed by atoms with van der Waals surface area (Å²) in [6.45, 7) is 1.92. The van der Waals surface area contributed by atoms with E-state index in [9.17, 15) is 10.1 Å². The monoisotopic (exact) mass is 273 g/mol. The van der Waals surface area contributed by atoms with E-state index in [0.29, 0.717) is 5.69 Å². The zero-order chi connectivity index (χ0) is 14.5. The van der Waals surface area contributed by atoms with E-state index in [0.717, 1.165) is 5.56 Å². The van der Waals surface area contributed by atoms with Crippen LogP contribution in [0.3, 0.4) is 0 Å². The van der Waals surface area contributed by atoms with Gasteiger partial charge in [-0.15, -0.1) is 0 Å². The van der Waals surface area contributed by atoms with Gasteiger partial charge in [-0.2, -0.15) is 0 Å². The summed E-state index contributed by atoms with van der Waals surface area (Å²) in [5.74, 6) is 0.235. The Kier molecular flexibility index (Phi) is 4.14. The third kappa shape index (κ3) is 2.85. The molecular weight excluding hydrogens is 258 g/mol. The molecule has 0 amide bonds. The van der Waals surface area contributed by atoms with Crippen LogP contribution in [0.2, 0.25) is 0 Å². The molecular formula is C14H15N3O3. The molecule has 20 heavy (non-hydrogen) atoms. The van der Waals surface area contributed by atoms with Gasteiger partial charge in [-0.25, -0.2) is 0 Å². The van der Waals surface area contributed by atoms with Crippen LogP contribution in [0, 0.1) is 10.1 Å². The van der Waals surface area contributed by atoms with Crippen LogP contribution in [0.25, 0.3) is 0 Å². The molecule has 2 rings (SSSR count). The molecule has 1 unspecified atom stereocenters. The standard InChI is InChI=1S/C14H15N3O3/c1-10(11-5-4-8-15-9-11)16-12-6-3-7-13(20-2)14(12)17(18)19/h3-10,16H,1-2H3. The van der Waals surface area contributed by atoms with Gasteiger partial charge in [0.2, 0.25) is 0 Å². The van der Waals surface area contributed by atoms with Crippen molar-refractivity contribution in [3.63, 3.8) is 0 Å². The van der Waals surface area contributed by atoms with Crippen molar-refractivity contribution in [1.82, 2.24) is 4.98 Å². The first-order chi connectivity index (χ1) is 9.63. The molecule has 1 N–H and O–H groups in total. The number of nitro benzene ring substituents is 1. The number of methoxy groups -OCH3 is 1. The molecule has 0 aliphatic rings. The van der Waals surface area contributed by atoms with Crippen LogP contribution in [0.1, 0.15) is 18.5 Å². The zero-order valence-corrected chi connectivity index (χ0v) is 11.2. The van der Waals surface area contributed by atoms with Crippen LogP contribution in [0.15, 0.2) is 42.7 Å². The molecule has 0 aliphatic heterocycles. The van der Waals surface area contributed by atoms with Gasteiger partial charge in [0.25, 0.3) is 0 Å². The molecule has 0 aliphatic carbocycles. The van der Waals surface area contributed by atoms with Crippen LogP contribution in [0.5, 0.6) is 5.75 Å². The fraction of sp³-hybridized carbons (Fsp3) is 0.214. The van der Waals surface area contributed by atoms with E-state index in [4.69, 9.17) is 4.74 Å². The molecule has 0 radical (unpaired) electrons. The summed E-state index contributed by atoms with van der Waals surface area (Å²) in [5.41, 5.74) is 1.31. The predicted molar refractivity (Wildman–Crippen MR) is 75.9 cm³/mol. The largest absolute Gasteiger partial charge is 0.490 e. The number of pyridine rings is 1. The smallest absolute Gasteiger partial charge is 0.333 e. The number of rotatable bonds is 5. The number of nitrogens with one attached hydrogen (secondary N) is 1. The van der Waals surface area contributed by atoms with E-state index in [2.05, 4.69) is 10.3 Å². The molecule has 0 saturated heterocycles. The first kappa shape index (κ1) is 13.8. The highest BCUT2D eigenvalue weighted by molar-refractivity contribution is 5.68. The van der Waals surface area contributed by atoms with E-state index in [1.807, 2.05) is 19.1 Å². The van der Waals surface area contributed by atoms with E-state index >= 15 is 0 Å². The minimum absolute atomic E-state index is 0.0641. The summed E-state index contributed by atoms with van der Waals surface area (Å²) >= 11 is 0. The Labute approximate surface area is 116 Å². The number of aromatic nitrogens is 1. The molecule has 0 spiro atoms. The lowest BCUT2D eigenvalue weighted by atomic mass is 10.1. The topological polar surface area (TPSA) is 77.3 Å². The van der Waals surface area contributed by atoms with Crippen molar-refractivity contribution in [3.05, 3.63) is 58.4 Å². The Morgan fingerprint density at radius 3 is 2.75 bits per heavy atom. The third-order valence-corrected chi connectivity index (χ3v) is 2.96. The van der Waals surface area contributed by atoms with E-state index < -0.39 is 4.92 Å². The summed E-state index contributed by atoms with van der Waals surface area (Å²) < 4.78 is 5.04. The van der Waals surface area contributed by atoms with Crippen molar-refractivity contribution >= 4 is 11.4 Å². The van der Waals surface area contributed by atoms with Crippen LogP contribution >= 0.6 is 0 Å². The van der Waals surface area contributed by atoms with Crippen molar-refractivity contribution in [1.29, 1.82) is 0 Å². The minimum atomic E-state index is -0.447. The summed E-state index contributed by atoms with van der Waals surface area (Å²) in [6, 6.07) is 8.58. The van der Waals surface area contributed by atoms with Crippen molar-refractivity contribution in [3.8, 4) is 5.75 Å². The summed E-state index contributed by atoms with van der Waals surface area (Å²) in [4.78, 5) is 14.8. The second-order valence-corrected chi connectivity index (χ2v) is 4.27. The highest BCUT2D eigenvalue weighted by Gasteiger charge is 2.21. The first-order valence-electron chi connectivity index (χ1n) is 6.11. The highest BCUT2D eigenvalue weighted by atomic mass is 16.6. The van der Waals surface area contributed by atoms with E-state index in [-0.39, 0.29) is 17.5 Å². The molecule has 1 aromatic heterocycles. The van der Waals surface area contributed by atoms with Crippen molar-refractivity contribution in [2.45, 2.75) is 13.0 Å². The van der Waals surface area contributed by atoms with Crippen molar-refractivity contribution < 1.29 is 9.66 Å². The molecule has 6 heteroatoms. The number of ether oxygens (including phenoxy) is 1. The van der Waals surface area contributed by atoms with Gasteiger partial charge in [0.05, 0.1) is 18.1 Å². The average molecular weight is 273 g/mol. The lowest BCUT2D eigenvalue weighted by Crippen LogP contribution is -2.09. The summed E-state index contributed by atoms with van der Waals surface area (Å²) in [7, 11) is 1.41. The van der Waals surface area contributed by atoms with Gasteiger partial charge < -0.3 is 10.1 Å².